The van der Waals surface area contributed by atoms with Crippen molar-refractivity contribution in [2.75, 3.05) is 53.3 Å². The summed E-state index contributed by atoms with van der Waals surface area (Å²) in [5.41, 5.74) is 0.550. The van der Waals surface area contributed by atoms with E-state index in [2.05, 4.69) is 10.2 Å². The number of benzene rings is 1. The molecule has 7 heteroatoms. The summed E-state index contributed by atoms with van der Waals surface area (Å²) in [6.07, 6.45) is 1.10. The van der Waals surface area contributed by atoms with Gasteiger partial charge in [-0.3, -0.25) is 9.59 Å². The Balaban J connectivity index is 2.58. The molecule has 0 saturated heterocycles. The van der Waals surface area contributed by atoms with Crippen LogP contribution in [0, 0.1) is 0 Å². The fourth-order valence-corrected chi connectivity index (χ4v) is 2.37. The molecular weight excluding hydrogens is 322 g/mol. The van der Waals surface area contributed by atoms with Crippen molar-refractivity contribution in [3.05, 3.63) is 18.2 Å². The molecule has 0 aromatic heterocycles. The number of carbonyl (C=O) groups excluding carboxylic acids is 2. The van der Waals surface area contributed by atoms with Gasteiger partial charge in [-0.25, -0.2) is 0 Å². The van der Waals surface area contributed by atoms with E-state index < -0.39 is 0 Å². The van der Waals surface area contributed by atoms with Crippen molar-refractivity contribution >= 4 is 17.5 Å². The van der Waals surface area contributed by atoms with Crippen LogP contribution in [0.15, 0.2) is 18.2 Å². The fraction of sp³-hybridized carbons (Fsp3) is 0.556. The number of methoxy groups -OCH3 is 2. The molecule has 1 rings (SSSR count). The van der Waals surface area contributed by atoms with Gasteiger partial charge in [0, 0.05) is 32.5 Å². The number of nitrogens with one attached hydrogen (secondary N) is 1. The SMILES string of the molecule is COc1ccc(OC)c(NC(=O)CCN(CCCN(C)C)C(C)=O)c1. The smallest absolute Gasteiger partial charge is 0.226 e. The van der Waals surface area contributed by atoms with Crippen molar-refractivity contribution in [3.63, 3.8) is 0 Å². The Bertz CT molecular complexity index is 575. The van der Waals surface area contributed by atoms with E-state index in [0.29, 0.717) is 30.3 Å². The van der Waals surface area contributed by atoms with Crippen LogP contribution in [0.4, 0.5) is 5.69 Å². The van der Waals surface area contributed by atoms with Gasteiger partial charge in [-0.2, -0.15) is 0 Å². The molecule has 0 radical (unpaired) electrons. The van der Waals surface area contributed by atoms with Gasteiger partial charge in [0.05, 0.1) is 19.9 Å². The maximum Gasteiger partial charge on any atom is 0.226 e. The third-order valence-electron chi connectivity index (χ3n) is 3.77. The highest BCUT2D eigenvalue weighted by Crippen LogP contribution is 2.28. The molecule has 0 spiro atoms. The number of carbonyl (C=O) groups is 2. The number of nitrogens with zero attached hydrogens (tertiary/aromatic N) is 2. The van der Waals surface area contributed by atoms with Crippen molar-refractivity contribution in [2.24, 2.45) is 0 Å². The topological polar surface area (TPSA) is 71.1 Å². The van der Waals surface area contributed by atoms with Crippen LogP contribution in [0.1, 0.15) is 19.8 Å². The third kappa shape index (κ3) is 7.43. The van der Waals surface area contributed by atoms with Crippen LogP contribution in [0.2, 0.25) is 0 Å². The van der Waals surface area contributed by atoms with E-state index in [1.54, 1.807) is 37.3 Å². The van der Waals surface area contributed by atoms with Crippen molar-refractivity contribution in [3.8, 4) is 11.5 Å². The Morgan fingerprint density at radius 2 is 1.80 bits per heavy atom. The minimum absolute atomic E-state index is 0.0227. The molecule has 0 saturated carbocycles. The van der Waals surface area contributed by atoms with E-state index in [0.717, 1.165) is 13.0 Å². The summed E-state index contributed by atoms with van der Waals surface area (Å²) >= 11 is 0. The maximum absolute atomic E-state index is 12.2. The molecule has 0 aliphatic rings. The Morgan fingerprint density at radius 1 is 1.08 bits per heavy atom. The second-order valence-electron chi connectivity index (χ2n) is 6.03. The summed E-state index contributed by atoms with van der Waals surface area (Å²) in [6.45, 7) is 3.46. The van der Waals surface area contributed by atoms with Crippen molar-refractivity contribution in [1.82, 2.24) is 9.80 Å². The molecule has 1 aromatic carbocycles. The van der Waals surface area contributed by atoms with Gasteiger partial charge < -0.3 is 24.6 Å². The van der Waals surface area contributed by atoms with Crippen molar-refractivity contribution < 1.29 is 19.1 Å². The van der Waals surface area contributed by atoms with Gasteiger partial charge in [0.15, 0.2) is 0 Å². The lowest BCUT2D eigenvalue weighted by atomic mass is 10.2. The van der Waals surface area contributed by atoms with Crippen LogP contribution < -0.4 is 14.8 Å². The molecule has 0 aliphatic carbocycles. The first-order valence-electron chi connectivity index (χ1n) is 8.29. The normalized spacial score (nSPS) is 10.5. The fourth-order valence-electron chi connectivity index (χ4n) is 2.37. The summed E-state index contributed by atoms with van der Waals surface area (Å²) in [5.74, 6) is 0.990. The first-order valence-corrected chi connectivity index (χ1v) is 8.29. The Labute approximate surface area is 149 Å². The molecular formula is C18H29N3O4. The zero-order valence-electron chi connectivity index (χ0n) is 15.8. The molecule has 1 N–H and O–H groups in total. The van der Waals surface area contributed by atoms with Gasteiger partial charge in [-0.1, -0.05) is 0 Å². The third-order valence-corrected chi connectivity index (χ3v) is 3.77. The van der Waals surface area contributed by atoms with Gasteiger partial charge >= 0.3 is 0 Å². The highest BCUT2D eigenvalue weighted by Gasteiger charge is 2.13. The lowest BCUT2D eigenvalue weighted by Gasteiger charge is -2.22. The quantitative estimate of drug-likeness (QED) is 0.696. The predicted molar refractivity (Wildman–Crippen MR) is 98.2 cm³/mol. The monoisotopic (exact) mass is 351 g/mol. The Kier molecular flexibility index (Phi) is 8.77. The van der Waals surface area contributed by atoms with E-state index >= 15 is 0 Å². The maximum atomic E-state index is 12.2. The molecule has 25 heavy (non-hydrogen) atoms. The van der Waals surface area contributed by atoms with E-state index in [1.165, 1.54) is 6.92 Å². The van der Waals surface area contributed by atoms with Gasteiger partial charge in [-0.05, 0) is 39.2 Å². The van der Waals surface area contributed by atoms with Crippen LogP contribution in [0.3, 0.4) is 0 Å². The van der Waals surface area contributed by atoms with Crippen LogP contribution in [0.25, 0.3) is 0 Å². The number of hydrogen-bond acceptors (Lipinski definition) is 5. The van der Waals surface area contributed by atoms with E-state index in [4.69, 9.17) is 9.47 Å². The van der Waals surface area contributed by atoms with Crippen molar-refractivity contribution in [2.45, 2.75) is 19.8 Å². The van der Waals surface area contributed by atoms with Crippen molar-refractivity contribution in [1.29, 1.82) is 0 Å². The van der Waals surface area contributed by atoms with Gasteiger partial charge in [0.2, 0.25) is 11.8 Å². The van der Waals surface area contributed by atoms with Crippen LogP contribution in [-0.4, -0.2) is 69.6 Å². The summed E-state index contributed by atoms with van der Waals surface area (Å²) in [7, 11) is 7.09. The largest absolute Gasteiger partial charge is 0.497 e. The number of rotatable bonds is 10. The average molecular weight is 351 g/mol. The molecule has 0 atom stereocenters. The van der Waals surface area contributed by atoms with Crippen LogP contribution in [0.5, 0.6) is 11.5 Å². The molecule has 0 heterocycles. The van der Waals surface area contributed by atoms with Crippen LogP contribution >= 0.6 is 0 Å². The van der Waals surface area contributed by atoms with Gasteiger partial charge in [0.1, 0.15) is 11.5 Å². The molecule has 0 bridgehead atoms. The molecule has 140 valence electrons. The minimum atomic E-state index is -0.176. The first kappa shape index (κ1) is 20.8. The van der Waals surface area contributed by atoms with E-state index in [9.17, 15) is 9.59 Å². The Hall–Kier alpha value is -2.28. The molecule has 0 unspecified atom stereocenters. The molecule has 1 aromatic rings. The summed E-state index contributed by atoms with van der Waals surface area (Å²) in [5, 5.41) is 2.81. The number of amides is 2. The molecule has 0 fully saturated rings. The number of ether oxygens (including phenoxy) is 2. The highest BCUT2D eigenvalue weighted by atomic mass is 16.5. The number of hydrogen-bond donors (Lipinski definition) is 1. The zero-order chi connectivity index (χ0) is 18.8. The van der Waals surface area contributed by atoms with E-state index in [-0.39, 0.29) is 18.2 Å². The van der Waals surface area contributed by atoms with Gasteiger partial charge in [-0.15, -0.1) is 0 Å². The first-order chi connectivity index (χ1) is 11.9. The van der Waals surface area contributed by atoms with E-state index in [1.807, 2.05) is 14.1 Å². The van der Waals surface area contributed by atoms with Gasteiger partial charge in [0.25, 0.3) is 0 Å². The summed E-state index contributed by atoms with van der Waals surface area (Å²) in [6, 6.07) is 5.20. The summed E-state index contributed by atoms with van der Waals surface area (Å²) < 4.78 is 10.4. The average Bonchev–Trinajstić information content (AvgIpc) is 2.57. The minimum Gasteiger partial charge on any atom is -0.497 e. The Morgan fingerprint density at radius 3 is 2.36 bits per heavy atom. The predicted octanol–water partition coefficient (Wildman–Crippen LogP) is 1.83. The lowest BCUT2D eigenvalue weighted by molar-refractivity contribution is -0.129. The second kappa shape index (κ2) is 10.6. The van der Waals surface area contributed by atoms with Crippen LogP contribution in [-0.2, 0) is 9.59 Å². The summed E-state index contributed by atoms with van der Waals surface area (Å²) in [4.78, 5) is 27.7. The second-order valence-corrected chi connectivity index (χ2v) is 6.03. The number of anilines is 1. The lowest BCUT2D eigenvalue weighted by Crippen LogP contribution is -2.34. The highest BCUT2D eigenvalue weighted by molar-refractivity contribution is 5.92. The molecule has 0 aliphatic heterocycles. The molecule has 7 nitrogen and oxygen atoms in total. The zero-order valence-corrected chi connectivity index (χ0v) is 15.8. The molecule has 2 amide bonds. The standard InChI is InChI=1S/C18H29N3O4/c1-14(22)21(11-6-10-20(2)3)12-9-18(23)19-16-13-15(24-4)7-8-17(16)25-5/h7-8,13H,6,9-12H2,1-5H3,(H,19,23).